The molecule has 0 saturated carbocycles. The molecular weight excluding hydrogens is 853 g/mol. The molecule has 9 heterocycles. The van der Waals surface area contributed by atoms with Gasteiger partial charge in [-0.05, 0) is 108 Å². The molecule has 61 heavy (non-hydrogen) atoms. The van der Waals surface area contributed by atoms with Crippen LogP contribution in [0.4, 0.5) is 0 Å². The van der Waals surface area contributed by atoms with Crippen LogP contribution < -0.4 is 0 Å². The molecule has 1 radical (unpaired) electrons. The van der Waals surface area contributed by atoms with E-state index in [1.165, 1.54) is 0 Å². The minimum atomic E-state index is -0.585. The molecule has 10 aliphatic rings. The number of fused-ring (bicyclic) bond motifs is 9. The summed E-state index contributed by atoms with van der Waals surface area (Å²) in [7, 11) is 0. The van der Waals surface area contributed by atoms with Gasteiger partial charge in [-0.3, -0.25) is 4.79 Å². The second kappa shape index (κ2) is 19.5. The summed E-state index contributed by atoms with van der Waals surface area (Å²) in [6.45, 7) is 18.2. The van der Waals surface area contributed by atoms with Crippen molar-refractivity contribution < 1.29 is 85.2 Å². The Balaban J connectivity index is 0.00000169. The second-order valence-electron chi connectivity index (χ2n) is 20.7. The average molecular weight is 928 g/mol. The number of carbonyl (C=O) groups excluding carboxylic acids is 1. The molecule has 0 spiro atoms. The van der Waals surface area contributed by atoms with Crippen molar-refractivity contribution in [1.29, 1.82) is 0 Å². The van der Waals surface area contributed by atoms with Crippen molar-refractivity contribution in [2.24, 2.45) is 23.7 Å². The van der Waals surface area contributed by atoms with Crippen LogP contribution >= 0.6 is 0 Å². The number of rotatable bonds is 0. The third-order valence-electron chi connectivity index (χ3n) is 16.2. The van der Waals surface area contributed by atoms with E-state index in [2.05, 4.69) is 65.8 Å². The summed E-state index contributed by atoms with van der Waals surface area (Å²) in [6, 6.07) is 0. The Bertz CT molecular complexity index is 1560. The van der Waals surface area contributed by atoms with E-state index < -0.39 is 17.3 Å². The van der Waals surface area contributed by atoms with Gasteiger partial charge in [0, 0.05) is 52.0 Å². The molecule has 12 heteroatoms. The van der Waals surface area contributed by atoms with Crippen molar-refractivity contribution in [3.05, 3.63) is 38.2 Å². The number of ether oxygens (including phenoxy) is 9. The molecule has 0 aromatic carbocycles. The van der Waals surface area contributed by atoms with Crippen LogP contribution in [0.5, 0.6) is 0 Å². The monoisotopic (exact) mass is 927 g/mol. The molecule has 11 nitrogen and oxygen atoms in total. The van der Waals surface area contributed by atoms with Crippen molar-refractivity contribution >= 4 is 5.97 Å². The second-order valence-corrected chi connectivity index (χ2v) is 20.7. The SMILES string of the molecule is [CH2-]C.[CH2-][C@@H]1C[C@H](O)[C@@H]2O[C@@H]3C[C@]4(C)O[C@@H]5/C=C\C[C@@H]6C[C@H]7C(C/C=C\CC6OC5CCCC4OC3CC2O1)OC1CC2OC3CC(=O)O[C@H]3C[C@@H](C)C[C@@]2(C)O[C@H]1C[C@@H]7C.[Y]. The largest absolute Gasteiger partial charge is 0.459 e. The van der Waals surface area contributed by atoms with Crippen molar-refractivity contribution in [3.63, 3.8) is 0 Å². The van der Waals surface area contributed by atoms with Crippen LogP contribution in [-0.2, 0) is 80.1 Å². The Hall–Kier alpha value is -0.306. The third kappa shape index (κ3) is 9.76. The summed E-state index contributed by atoms with van der Waals surface area (Å²) in [5, 5.41) is 10.9. The first kappa shape index (κ1) is 47.2. The van der Waals surface area contributed by atoms with E-state index in [4.69, 9.17) is 42.6 Å². The number of aliphatic hydroxyl groups excluding tert-OH is 1. The van der Waals surface area contributed by atoms with Crippen LogP contribution in [0.15, 0.2) is 24.3 Å². The van der Waals surface area contributed by atoms with E-state index in [9.17, 15) is 9.90 Å². The fourth-order valence-corrected chi connectivity index (χ4v) is 13.3. The van der Waals surface area contributed by atoms with E-state index in [1.54, 1.807) is 6.92 Å². The predicted octanol–water partition coefficient (Wildman–Crippen LogP) is 7.35. The Morgan fingerprint density at radius 1 is 0.656 bits per heavy atom. The van der Waals surface area contributed by atoms with Gasteiger partial charge in [0.25, 0.3) is 0 Å². The molecule has 1 aliphatic carbocycles. The standard InChI is InChI=1S/C47H69O11.C2H5.Y/c1-25-16-35-38(22-44(49)55-35)54-43-21-37-39(58-46(43,4)23-25)17-26(2)29-19-28-10-8-14-34-33(51-31(28)11-6-7-12-32(29)52-37)13-9-15-42-47(5,57-34)24-41-36(53-42)20-40-45(56-41)30(48)18-27(3)50-40;1-2;/h6-8,14,25-43,45,48H,3,9-13,15-24H2,1-2,4-5H3;1H2,2H3;/q2*-1;/b7-6-,14-8-;;/t25-,26+,27-,28-,29-,30+,31?,32?,33?,34-,35+,36?,37?,38?,39+,40?,41-,42?,43?,45+,46-,47+;;/m1../s1. The maximum Gasteiger partial charge on any atom is 0.308 e. The fraction of sp³-hybridized carbons (Fsp3) is 0.857. The molecule has 9 aliphatic heterocycles. The first-order valence-electron chi connectivity index (χ1n) is 23.9. The number of hydrogen-bond donors (Lipinski definition) is 1. The van der Waals surface area contributed by atoms with Crippen LogP contribution in [0.25, 0.3) is 0 Å². The maximum atomic E-state index is 12.3. The molecule has 0 aromatic rings. The van der Waals surface area contributed by atoms with Crippen LogP contribution in [-0.4, -0.2) is 120 Å². The summed E-state index contributed by atoms with van der Waals surface area (Å²) < 4.78 is 60.9. The Morgan fingerprint density at radius 3 is 2.21 bits per heavy atom. The molecule has 341 valence electrons. The number of esters is 1. The zero-order valence-electron chi connectivity index (χ0n) is 37.5. The smallest absolute Gasteiger partial charge is 0.308 e. The number of hydrogen-bond acceptors (Lipinski definition) is 11. The number of allylic oxidation sites excluding steroid dienone is 1. The minimum Gasteiger partial charge on any atom is -0.459 e. The molecule has 0 amide bonds. The summed E-state index contributed by atoms with van der Waals surface area (Å²) in [6.07, 6.45) is 19.2. The van der Waals surface area contributed by atoms with E-state index in [1.807, 2.05) is 0 Å². The van der Waals surface area contributed by atoms with Crippen molar-refractivity contribution in [2.75, 3.05) is 0 Å². The van der Waals surface area contributed by atoms with Crippen LogP contribution in [0, 0.1) is 37.5 Å². The zero-order valence-corrected chi connectivity index (χ0v) is 40.3. The molecule has 0 aromatic heterocycles. The van der Waals surface area contributed by atoms with Gasteiger partial charge < -0.3 is 61.6 Å². The van der Waals surface area contributed by atoms with E-state index in [0.717, 1.165) is 70.6 Å². The van der Waals surface area contributed by atoms with Crippen LogP contribution in [0.1, 0.15) is 131 Å². The van der Waals surface area contributed by atoms with Crippen LogP contribution in [0.2, 0.25) is 0 Å². The van der Waals surface area contributed by atoms with Gasteiger partial charge in [-0.1, -0.05) is 44.3 Å². The Morgan fingerprint density at radius 2 is 1.39 bits per heavy atom. The normalized spacial score (nSPS) is 54.1. The van der Waals surface area contributed by atoms with Gasteiger partial charge in [-0.25, -0.2) is 0 Å². The van der Waals surface area contributed by atoms with Gasteiger partial charge in [0.15, 0.2) is 0 Å². The molecule has 9 unspecified atom stereocenters. The molecule has 22 atom stereocenters. The molecular formula is C49H74O11Y-2. The minimum absolute atomic E-state index is 0. The summed E-state index contributed by atoms with van der Waals surface area (Å²) >= 11 is 0. The molecule has 10 rings (SSSR count). The van der Waals surface area contributed by atoms with Gasteiger partial charge in [0.05, 0.1) is 84.8 Å². The van der Waals surface area contributed by atoms with Crippen molar-refractivity contribution in [3.8, 4) is 0 Å². The zero-order chi connectivity index (χ0) is 41.9. The molecule has 8 saturated heterocycles. The Kier molecular flexibility index (Phi) is 15.1. The fourth-order valence-electron chi connectivity index (χ4n) is 13.3. The first-order valence-corrected chi connectivity index (χ1v) is 23.9. The first-order chi connectivity index (χ1) is 28.9. The quantitative estimate of drug-likeness (QED) is 0.149. The predicted molar refractivity (Wildman–Crippen MR) is 224 cm³/mol. The van der Waals surface area contributed by atoms with Gasteiger partial charge >= 0.3 is 5.97 Å². The molecule has 1 N–H and O–H groups in total. The summed E-state index contributed by atoms with van der Waals surface area (Å²) in [4.78, 5) is 12.3. The van der Waals surface area contributed by atoms with Crippen molar-refractivity contribution in [2.45, 2.75) is 240 Å². The van der Waals surface area contributed by atoms with E-state index in [-0.39, 0.29) is 130 Å². The molecule has 8 fully saturated rings. The number of carbonyl (C=O) groups is 1. The topological polar surface area (TPSA) is 120 Å². The van der Waals surface area contributed by atoms with Gasteiger partial charge in [0.1, 0.15) is 24.4 Å². The molecule has 0 bridgehead atoms. The van der Waals surface area contributed by atoms with E-state index in [0.29, 0.717) is 49.4 Å². The summed E-state index contributed by atoms with van der Waals surface area (Å²) in [5.74, 6) is 1.35. The van der Waals surface area contributed by atoms with E-state index >= 15 is 0 Å². The van der Waals surface area contributed by atoms with Crippen molar-refractivity contribution in [1.82, 2.24) is 0 Å². The third-order valence-corrected chi connectivity index (χ3v) is 16.2. The van der Waals surface area contributed by atoms with Gasteiger partial charge in [-0.2, -0.15) is 6.92 Å². The summed E-state index contributed by atoms with van der Waals surface area (Å²) in [5.41, 5.74) is -0.977. The van der Waals surface area contributed by atoms with Crippen LogP contribution in [0.3, 0.4) is 0 Å². The Labute approximate surface area is 390 Å². The average Bonchev–Trinajstić information content (AvgIpc) is 3.50. The number of aliphatic hydroxyl groups is 1. The van der Waals surface area contributed by atoms with Gasteiger partial charge in [0.2, 0.25) is 0 Å². The van der Waals surface area contributed by atoms with Gasteiger partial charge in [-0.15, -0.1) is 0 Å². The maximum absolute atomic E-state index is 12.3.